The number of likely N-dealkylation sites (tertiary alicyclic amines) is 1. The number of rotatable bonds is 3. The molecule has 4 rings (SSSR count). The quantitative estimate of drug-likeness (QED) is 0.754. The Bertz CT molecular complexity index is 1040. The number of halogens is 2. The van der Waals surface area contributed by atoms with Gasteiger partial charge in [0, 0.05) is 18.8 Å². The second kappa shape index (κ2) is 6.36. The van der Waals surface area contributed by atoms with E-state index in [9.17, 15) is 18.4 Å². The molecular formula is C18H16F2N4O2. The predicted molar refractivity (Wildman–Crippen MR) is 90.8 cm³/mol. The number of aromatic amines is 2. The van der Waals surface area contributed by atoms with Gasteiger partial charge >= 0.3 is 5.69 Å². The molecule has 134 valence electrons. The number of carbonyl (C=O) groups is 1. The summed E-state index contributed by atoms with van der Waals surface area (Å²) in [5, 5.41) is 0. The maximum absolute atomic E-state index is 13.9. The molecule has 8 heteroatoms. The summed E-state index contributed by atoms with van der Waals surface area (Å²) in [5.74, 6) is -1.21. The minimum Gasteiger partial charge on any atom is -0.335 e. The van der Waals surface area contributed by atoms with E-state index in [2.05, 4.69) is 15.0 Å². The van der Waals surface area contributed by atoms with Gasteiger partial charge in [0.15, 0.2) is 5.65 Å². The lowest BCUT2D eigenvalue weighted by molar-refractivity contribution is 0.0735. The normalized spacial score (nSPS) is 17.2. The number of imidazole rings is 1. The number of hydrogen-bond acceptors (Lipinski definition) is 3. The fraction of sp³-hybridized carbons (Fsp3) is 0.278. The van der Waals surface area contributed by atoms with Crippen molar-refractivity contribution in [3.63, 3.8) is 0 Å². The highest BCUT2D eigenvalue weighted by molar-refractivity contribution is 5.96. The first-order valence-electron chi connectivity index (χ1n) is 8.34. The zero-order valence-corrected chi connectivity index (χ0v) is 13.8. The predicted octanol–water partition coefficient (Wildman–Crippen LogP) is 2.38. The molecule has 1 fully saturated rings. The van der Waals surface area contributed by atoms with Crippen LogP contribution < -0.4 is 5.69 Å². The van der Waals surface area contributed by atoms with Gasteiger partial charge < -0.3 is 9.88 Å². The van der Waals surface area contributed by atoms with Gasteiger partial charge in [-0.05, 0) is 49.1 Å². The molecule has 6 nitrogen and oxygen atoms in total. The SMILES string of the molecule is O=C(c1cnc2[nH]c(=O)[nH]c2c1)N1CCC[C@@H]1Cc1cc(F)ccc1F. The molecule has 0 radical (unpaired) electrons. The summed E-state index contributed by atoms with van der Waals surface area (Å²) in [5.41, 5.74) is 1.05. The zero-order chi connectivity index (χ0) is 18.3. The Morgan fingerprint density at radius 1 is 1.27 bits per heavy atom. The molecule has 3 heterocycles. The molecule has 3 aromatic rings. The Hall–Kier alpha value is -3.03. The van der Waals surface area contributed by atoms with Crippen molar-refractivity contribution in [3.8, 4) is 0 Å². The Labute approximate surface area is 146 Å². The number of pyridine rings is 1. The van der Waals surface area contributed by atoms with Crippen LogP contribution in [0.1, 0.15) is 28.8 Å². The van der Waals surface area contributed by atoms with Crippen LogP contribution in [0.5, 0.6) is 0 Å². The number of nitrogens with one attached hydrogen (secondary N) is 2. The van der Waals surface area contributed by atoms with Crippen molar-refractivity contribution in [2.75, 3.05) is 6.54 Å². The fourth-order valence-corrected chi connectivity index (χ4v) is 3.47. The third-order valence-corrected chi connectivity index (χ3v) is 4.72. The average molecular weight is 358 g/mol. The topological polar surface area (TPSA) is 81.8 Å². The largest absolute Gasteiger partial charge is 0.335 e. The third-order valence-electron chi connectivity index (χ3n) is 4.72. The number of benzene rings is 1. The number of nitrogens with zero attached hydrogens (tertiary/aromatic N) is 2. The minimum absolute atomic E-state index is 0.209. The van der Waals surface area contributed by atoms with Gasteiger partial charge in [0.2, 0.25) is 0 Å². The lowest BCUT2D eigenvalue weighted by Crippen LogP contribution is -2.37. The molecule has 1 aliphatic rings. The van der Waals surface area contributed by atoms with Crippen molar-refractivity contribution in [2.45, 2.75) is 25.3 Å². The zero-order valence-electron chi connectivity index (χ0n) is 13.8. The molecule has 0 aliphatic carbocycles. The van der Waals surface area contributed by atoms with Crippen molar-refractivity contribution < 1.29 is 13.6 Å². The first-order chi connectivity index (χ1) is 12.5. The van der Waals surface area contributed by atoms with E-state index in [1.54, 1.807) is 11.0 Å². The molecule has 26 heavy (non-hydrogen) atoms. The summed E-state index contributed by atoms with van der Waals surface area (Å²) in [6.07, 6.45) is 3.18. The van der Waals surface area contributed by atoms with Crippen LogP contribution >= 0.6 is 0 Å². The van der Waals surface area contributed by atoms with Gasteiger partial charge in [-0.25, -0.2) is 18.6 Å². The van der Waals surface area contributed by atoms with E-state index in [0.717, 1.165) is 25.0 Å². The summed E-state index contributed by atoms with van der Waals surface area (Å²) in [4.78, 5) is 35.0. The van der Waals surface area contributed by atoms with Gasteiger partial charge in [0.25, 0.3) is 5.91 Å². The van der Waals surface area contributed by atoms with Crippen LogP contribution in [0.3, 0.4) is 0 Å². The number of H-pyrrole nitrogens is 2. The maximum Gasteiger partial charge on any atom is 0.325 e. The Kier molecular flexibility index (Phi) is 4.02. The molecule has 0 saturated carbocycles. The van der Waals surface area contributed by atoms with Crippen LogP contribution in [0.2, 0.25) is 0 Å². The summed E-state index contributed by atoms with van der Waals surface area (Å²) in [6, 6.07) is 4.72. The van der Waals surface area contributed by atoms with Gasteiger partial charge in [0.05, 0.1) is 11.1 Å². The van der Waals surface area contributed by atoms with Gasteiger partial charge in [-0.15, -0.1) is 0 Å². The Balaban J connectivity index is 1.59. The second-order valence-corrected chi connectivity index (χ2v) is 6.43. The summed E-state index contributed by atoms with van der Waals surface area (Å²) >= 11 is 0. The van der Waals surface area contributed by atoms with E-state index in [1.807, 2.05) is 0 Å². The summed E-state index contributed by atoms with van der Waals surface area (Å²) in [7, 11) is 0. The molecule has 1 aromatic carbocycles. The van der Waals surface area contributed by atoms with E-state index in [0.29, 0.717) is 23.3 Å². The van der Waals surface area contributed by atoms with Crippen LogP contribution in [-0.2, 0) is 6.42 Å². The smallest absolute Gasteiger partial charge is 0.325 e. The Morgan fingerprint density at radius 2 is 2.12 bits per heavy atom. The number of fused-ring (bicyclic) bond motifs is 1. The third kappa shape index (κ3) is 2.98. The number of carbonyl (C=O) groups excluding carboxylic acids is 1. The van der Waals surface area contributed by atoms with Gasteiger partial charge in [-0.2, -0.15) is 0 Å². The number of aromatic nitrogens is 3. The monoisotopic (exact) mass is 358 g/mol. The average Bonchev–Trinajstić information content (AvgIpc) is 3.22. The van der Waals surface area contributed by atoms with Crippen LogP contribution in [-0.4, -0.2) is 38.3 Å². The van der Waals surface area contributed by atoms with E-state index in [-0.39, 0.29) is 23.9 Å². The van der Waals surface area contributed by atoms with Crippen molar-refractivity contribution >= 4 is 17.1 Å². The number of amides is 1. The molecule has 1 amide bonds. The van der Waals surface area contributed by atoms with Crippen LogP contribution in [0, 0.1) is 11.6 Å². The van der Waals surface area contributed by atoms with E-state index < -0.39 is 17.3 Å². The van der Waals surface area contributed by atoms with Crippen molar-refractivity contribution in [3.05, 3.63) is 63.7 Å². The standard InChI is InChI=1S/C18H16F2N4O2/c19-12-3-4-14(20)10(6-12)7-13-2-1-5-24(13)17(25)11-8-15-16(21-9-11)23-18(26)22-15/h3-4,6,8-9,13H,1-2,5,7H2,(H2,21,22,23,26)/t13-/m1/s1. The lowest BCUT2D eigenvalue weighted by atomic mass is 10.0. The maximum atomic E-state index is 13.9. The molecular weight excluding hydrogens is 342 g/mol. The molecule has 1 saturated heterocycles. The van der Waals surface area contributed by atoms with E-state index in [4.69, 9.17) is 0 Å². The molecule has 2 aromatic heterocycles. The highest BCUT2D eigenvalue weighted by Gasteiger charge is 2.30. The highest BCUT2D eigenvalue weighted by atomic mass is 19.1. The molecule has 2 N–H and O–H groups in total. The fourth-order valence-electron chi connectivity index (χ4n) is 3.47. The molecule has 1 atom stereocenters. The van der Waals surface area contributed by atoms with Crippen molar-refractivity contribution in [1.29, 1.82) is 0 Å². The van der Waals surface area contributed by atoms with Crippen molar-refractivity contribution in [1.82, 2.24) is 19.9 Å². The van der Waals surface area contributed by atoms with Gasteiger partial charge in [-0.1, -0.05) is 0 Å². The first kappa shape index (κ1) is 16.4. The highest BCUT2D eigenvalue weighted by Crippen LogP contribution is 2.25. The Morgan fingerprint density at radius 3 is 2.96 bits per heavy atom. The lowest BCUT2D eigenvalue weighted by Gasteiger charge is -2.25. The first-order valence-corrected chi connectivity index (χ1v) is 8.34. The van der Waals surface area contributed by atoms with Crippen LogP contribution in [0.4, 0.5) is 8.78 Å². The van der Waals surface area contributed by atoms with Crippen molar-refractivity contribution in [2.24, 2.45) is 0 Å². The second-order valence-electron chi connectivity index (χ2n) is 6.43. The molecule has 0 unspecified atom stereocenters. The van der Waals surface area contributed by atoms with Gasteiger partial charge in [0.1, 0.15) is 11.6 Å². The minimum atomic E-state index is -0.497. The summed E-state index contributed by atoms with van der Waals surface area (Å²) in [6.45, 7) is 0.544. The molecule has 1 aliphatic heterocycles. The van der Waals surface area contributed by atoms with Crippen LogP contribution in [0.25, 0.3) is 11.2 Å². The molecule has 0 bridgehead atoms. The molecule has 0 spiro atoms. The van der Waals surface area contributed by atoms with E-state index in [1.165, 1.54) is 12.3 Å². The van der Waals surface area contributed by atoms with E-state index >= 15 is 0 Å². The van der Waals surface area contributed by atoms with Gasteiger partial charge in [-0.3, -0.25) is 9.78 Å². The van der Waals surface area contributed by atoms with Crippen LogP contribution in [0.15, 0.2) is 35.3 Å². The number of hydrogen-bond donors (Lipinski definition) is 2. The summed E-state index contributed by atoms with van der Waals surface area (Å²) < 4.78 is 27.3.